The summed E-state index contributed by atoms with van der Waals surface area (Å²) in [6.45, 7) is 0. The Kier molecular flexibility index (Phi) is 9.26. The molecule has 0 spiro atoms. The molecular formula is C26H17Cl4F2N4O2P. The van der Waals surface area contributed by atoms with Crippen molar-refractivity contribution in [1.29, 1.82) is 0 Å². The van der Waals surface area contributed by atoms with Crippen molar-refractivity contribution in [3.05, 3.63) is 101 Å². The van der Waals surface area contributed by atoms with Gasteiger partial charge in [0, 0.05) is 34.5 Å². The van der Waals surface area contributed by atoms with Crippen LogP contribution in [0.5, 0.6) is 0 Å². The van der Waals surface area contributed by atoms with Gasteiger partial charge in [-0.2, -0.15) is 0 Å². The molecule has 6 rings (SSSR count). The summed E-state index contributed by atoms with van der Waals surface area (Å²) < 4.78 is 35.7. The molecule has 1 amide bonds. The summed E-state index contributed by atoms with van der Waals surface area (Å²) in [5, 5.41) is 0.900. The summed E-state index contributed by atoms with van der Waals surface area (Å²) in [5.41, 5.74) is 4.84. The monoisotopic (exact) mass is 626 g/mol. The van der Waals surface area contributed by atoms with Gasteiger partial charge in [-0.1, -0.05) is 35.9 Å². The van der Waals surface area contributed by atoms with Gasteiger partial charge in [0.2, 0.25) is 5.91 Å². The van der Waals surface area contributed by atoms with Crippen LogP contribution in [0.4, 0.5) is 14.6 Å². The number of aromatic nitrogens is 3. The summed E-state index contributed by atoms with van der Waals surface area (Å²) in [5.74, 6) is 0.0194. The number of amides is 1. The second-order valence-corrected chi connectivity index (χ2v) is 15.2. The Hall–Kier alpha value is -3.00. The second-order valence-electron chi connectivity index (χ2n) is 8.16. The largest absolute Gasteiger partial charge is 0.339 e. The van der Waals surface area contributed by atoms with E-state index in [0.29, 0.717) is 17.4 Å². The first-order valence-corrected chi connectivity index (χ1v) is 15.9. The van der Waals surface area contributed by atoms with E-state index in [0.717, 1.165) is 38.9 Å². The van der Waals surface area contributed by atoms with Gasteiger partial charge in [-0.15, -0.1) is 0 Å². The minimum atomic E-state index is -3.22. The van der Waals surface area contributed by atoms with Crippen molar-refractivity contribution in [2.24, 2.45) is 0 Å². The van der Waals surface area contributed by atoms with E-state index in [2.05, 4.69) is 54.0 Å². The van der Waals surface area contributed by atoms with Gasteiger partial charge in [0.1, 0.15) is 28.3 Å². The van der Waals surface area contributed by atoms with E-state index in [1.807, 2.05) is 24.3 Å². The third-order valence-electron chi connectivity index (χ3n) is 5.33. The number of anilines is 1. The lowest BCUT2D eigenvalue weighted by Crippen LogP contribution is -2.04. The normalized spacial score (nSPS) is 12.1. The number of rotatable bonds is 2. The van der Waals surface area contributed by atoms with Crippen LogP contribution in [0.3, 0.4) is 0 Å². The molecule has 0 bridgehead atoms. The van der Waals surface area contributed by atoms with Gasteiger partial charge in [0.25, 0.3) is 0 Å². The van der Waals surface area contributed by atoms with Crippen LogP contribution in [0.15, 0.2) is 79.1 Å². The first-order valence-electron chi connectivity index (χ1n) is 11.1. The quantitative estimate of drug-likeness (QED) is 0.191. The van der Waals surface area contributed by atoms with Crippen LogP contribution in [0, 0.1) is 11.6 Å². The number of pyridine rings is 2. The average Bonchev–Trinajstić information content (AvgIpc) is 3.42. The number of benzene rings is 2. The topological polar surface area (TPSA) is 87.7 Å². The van der Waals surface area contributed by atoms with Crippen molar-refractivity contribution in [1.82, 2.24) is 15.0 Å². The van der Waals surface area contributed by atoms with Crippen molar-refractivity contribution < 1.29 is 18.1 Å². The van der Waals surface area contributed by atoms with Crippen LogP contribution in [0.2, 0.25) is 5.15 Å². The van der Waals surface area contributed by atoms with E-state index in [9.17, 15) is 18.1 Å². The number of H-pyrrole nitrogens is 1. The zero-order valence-corrected chi connectivity index (χ0v) is 23.6. The number of hydrogen-bond donors (Lipinski definition) is 2. The molecular weight excluding hydrogens is 611 g/mol. The fraction of sp³-hybridized carbons (Fsp3) is 0.0385. The van der Waals surface area contributed by atoms with Gasteiger partial charge in [-0.3, -0.25) is 9.36 Å². The highest BCUT2D eigenvalue weighted by Crippen LogP contribution is 2.61. The number of hydrogen-bond acceptors (Lipinski definition) is 4. The molecule has 4 heterocycles. The second kappa shape index (κ2) is 12.5. The van der Waals surface area contributed by atoms with Gasteiger partial charge in [0.15, 0.2) is 0 Å². The molecule has 200 valence electrons. The first-order chi connectivity index (χ1) is 18.4. The van der Waals surface area contributed by atoms with Gasteiger partial charge >= 0.3 is 5.20 Å². The third kappa shape index (κ3) is 8.49. The molecule has 0 saturated carbocycles. The first kappa shape index (κ1) is 29.0. The Morgan fingerprint density at radius 3 is 1.95 bits per heavy atom. The van der Waals surface area contributed by atoms with Crippen molar-refractivity contribution in [3.8, 4) is 22.3 Å². The molecule has 0 saturated heterocycles. The van der Waals surface area contributed by atoms with Crippen LogP contribution < -0.4 is 5.32 Å². The van der Waals surface area contributed by atoms with Crippen molar-refractivity contribution in [2.45, 2.75) is 6.42 Å². The highest BCUT2D eigenvalue weighted by molar-refractivity contribution is 8.24. The summed E-state index contributed by atoms with van der Waals surface area (Å²) in [4.78, 5) is 22.5. The van der Waals surface area contributed by atoms with Crippen LogP contribution in [-0.2, 0) is 15.8 Å². The summed E-state index contributed by atoms with van der Waals surface area (Å²) in [6.07, 6.45) is 3.68. The van der Waals surface area contributed by atoms with Crippen LogP contribution in [0.1, 0.15) is 5.56 Å². The minimum absolute atomic E-state index is 0.0520. The Balaban J connectivity index is 0.000000155. The van der Waals surface area contributed by atoms with E-state index in [1.165, 1.54) is 24.3 Å². The minimum Gasteiger partial charge on any atom is -0.330 e. The molecule has 3 aromatic heterocycles. The maximum Gasteiger partial charge on any atom is 0.339 e. The summed E-state index contributed by atoms with van der Waals surface area (Å²) in [6, 6.07) is 18.3. The molecule has 0 atom stereocenters. The Morgan fingerprint density at radius 2 is 1.36 bits per heavy atom. The predicted octanol–water partition coefficient (Wildman–Crippen LogP) is 9.22. The molecule has 39 heavy (non-hydrogen) atoms. The molecule has 1 aliphatic heterocycles. The molecule has 5 aromatic rings. The molecule has 0 unspecified atom stereocenters. The van der Waals surface area contributed by atoms with Gasteiger partial charge in [-0.05, 0) is 87.3 Å². The van der Waals surface area contributed by atoms with E-state index in [4.69, 9.17) is 11.6 Å². The highest BCUT2D eigenvalue weighted by atomic mass is 36.0. The van der Waals surface area contributed by atoms with Crippen molar-refractivity contribution in [3.63, 3.8) is 0 Å². The molecule has 0 radical (unpaired) electrons. The number of carbonyl (C=O) groups is 1. The fourth-order valence-electron chi connectivity index (χ4n) is 3.74. The summed E-state index contributed by atoms with van der Waals surface area (Å²) in [7, 11) is 0. The van der Waals surface area contributed by atoms with Gasteiger partial charge in [-0.25, -0.2) is 18.7 Å². The van der Waals surface area contributed by atoms with Gasteiger partial charge in [0.05, 0.1) is 6.42 Å². The van der Waals surface area contributed by atoms with Crippen LogP contribution >= 0.6 is 50.5 Å². The fourth-order valence-corrected chi connectivity index (χ4v) is 3.95. The zero-order valence-electron chi connectivity index (χ0n) is 19.6. The van der Waals surface area contributed by atoms with Crippen LogP contribution in [0.25, 0.3) is 33.3 Å². The molecule has 0 aliphatic carbocycles. The van der Waals surface area contributed by atoms with Crippen molar-refractivity contribution >= 4 is 73.3 Å². The predicted molar refractivity (Wildman–Crippen MR) is 154 cm³/mol. The van der Waals surface area contributed by atoms with Crippen molar-refractivity contribution in [2.75, 3.05) is 5.32 Å². The molecule has 13 heteroatoms. The Labute approximate surface area is 241 Å². The number of carbonyl (C=O) groups excluding carboxylic acids is 1. The van der Waals surface area contributed by atoms with Gasteiger partial charge < -0.3 is 10.3 Å². The number of nitrogens with zero attached hydrogens (tertiary/aromatic N) is 2. The zero-order chi connectivity index (χ0) is 28.2. The number of fused-ring (bicyclic) bond motifs is 2. The van der Waals surface area contributed by atoms with Crippen LogP contribution in [-0.4, -0.2) is 20.9 Å². The molecule has 2 aromatic carbocycles. The lowest BCUT2D eigenvalue weighted by Gasteiger charge is -2.03. The molecule has 6 nitrogen and oxygen atoms in total. The maximum absolute atomic E-state index is 13.1. The SMILES string of the molecule is Fc1cccc(-c2cnc3[nH]c(Cl)cc3c2)c1.O=C1Cc2cc(-c3cccc(F)c3)cnc2N1.O=P(Cl)(Cl)Cl. The van der Waals surface area contributed by atoms with E-state index in [1.54, 1.807) is 30.6 Å². The number of aromatic amines is 1. The highest BCUT2D eigenvalue weighted by Gasteiger charge is 2.19. The lowest BCUT2D eigenvalue weighted by atomic mass is 10.1. The maximum atomic E-state index is 13.1. The smallest absolute Gasteiger partial charge is 0.330 e. The third-order valence-corrected chi connectivity index (χ3v) is 5.53. The average molecular weight is 628 g/mol. The molecule has 2 N–H and O–H groups in total. The Bertz CT molecular complexity index is 1700. The molecule has 0 fully saturated rings. The standard InChI is InChI=1S/C13H8ClFN2.C13H9FN2O.Cl3OP/c14-12-6-9-4-10(7-16-13(9)17-12)8-2-1-3-11(15)5-8;14-11-3-1-2-8(5-11)10-4-9-6-12(17)16-13(9)15-7-10;1-5(2,3)4/h1-7H,(H,16,17);1-5,7H,6H2,(H,15,16,17);. The molecule has 1 aliphatic rings. The van der Waals surface area contributed by atoms with E-state index in [-0.39, 0.29) is 17.5 Å². The number of nitrogens with one attached hydrogen (secondary N) is 2. The lowest BCUT2D eigenvalue weighted by molar-refractivity contribution is -0.115. The summed E-state index contributed by atoms with van der Waals surface area (Å²) >= 11 is 19.7. The Morgan fingerprint density at radius 1 is 0.795 bits per heavy atom. The van der Waals surface area contributed by atoms with E-state index >= 15 is 0 Å². The van der Waals surface area contributed by atoms with E-state index < -0.39 is 5.20 Å². The number of halogens is 6.